The summed E-state index contributed by atoms with van der Waals surface area (Å²) in [6.07, 6.45) is -3.48. The normalized spacial score (nSPS) is 14.3. The summed E-state index contributed by atoms with van der Waals surface area (Å²) < 4.78 is 5.01. The van der Waals surface area contributed by atoms with Gasteiger partial charge in [-0.05, 0) is 39.8 Å². The molecule has 1 aromatic rings. The van der Waals surface area contributed by atoms with Crippen LogP contribution in [-0.2, 0) is 4.74 Å². The van der Waals surface area contributed by atoms with Gasteiger partial charge in [0.05, 0.1) is 0 Å². The highest BCUT2D eigenvalue weighted by atomic mass is 16.6. The highest BCUT2D eigenvalue weighted by Crippen LogP contribution is 2.34. The van der Waals surface area contributed by atoms with Gasteiger partial charge in [0.15, 0.2) is 0 Å². The van der Waals surface area contributed by atoms with Gasteiger partial charge in [-0.1, -0.05) is 0 Å². The van der Waals surface area contributed by atoms with E-state index >= 15 is 0 Å². The van der Waals surface area contributed by atoms with Gasteiger partial charge in [0, 0.05) is 17.7 Å². The van der Waals surface area contributed by atoms with Crippen LogP contribution in [0.4, 0.5) is 4.79 Å². The van der Waals surface area contributed by atoms with Crippen LogP contribution >= 0.6 is 0 Å². The minimum absolute atomic E-state index is 0.0637. The van der Waals surface area contributed by atoms with E-state index in [0.29, 0.717) is 0 Å². The molecule has 1 aromatic carbocycles. The highest BCUT2D eigenvalue weighted by molar-refractivity contribution is 5.67. The maximum atomic E-state index is 11.5. The van der Waals surface area contributed by atoms with Gasteiger partial charge in [-0.25, -0.2) is 4.79 Å². The minimum atomic E-state index is -1.42. The Morgan fingerprint density at radius 1 is 1.27 bits per heavy atom. The Labute approximate surface area is 129 Å². The lowest BCUT2D eigenvalue weighted by Crippen LogP contribution is -2.38. The first-order valence-corrected chi connectivity index (χ1v) is 6.87. The molecule has 7 nitrogen and oxygen atoms in total. The minimum Gasteiger partial charge on any atom is -0.508 e. The van der Waals surface area contributed by atoms with Gasteiger partial charge in [0.1, 0.15) is 29.3 Å². The lowest BCUT2D eigenvalue weighted by atomic mass is 10.00. The summed E-state index contributed by atoms with van der Waals surface area (Å²) >= 11 is 0. The number of alkyl carbamates (subject to hydrolysis) is 1. The summed E-state index contributed by atoms with van der Waals surface area (Å²) in [5.74, 6) is -0.418. The van der Waals surface area contributed by atoms with Gasteiger partial charge < -0.3 is 30.5 Å². The Morgan fingerprint density at radius 3 is 2.41 bits per heavy atom. The number of hydrogen-bond acceptors (Lipinski definition) is 6. The summed E-state index contributed by atoms with van der Waals surface area (Å²) in [6.45, 7) is 6.33. The summed E-state index contributed by atoms with van der Waals surface area (Å²) in [6, 6.07) is 2.61. The number of aromatic hydroxyl groups is 2. The van der Waals surface area contributed by atoms with E-state index < -0.39 is 23.9 Å². The summed E-state index contributed by atoms with van der Waals surface area (Å²) in [5, 5.41) is 41.6. The van der Waals surface area contributed by atoms with E-state index in [9.17, 15) is 25.2 Å². The van der Waals surface area contributed by atoms with Crippen LogP contribution in [0.15, 0.2) is 12.1 Å². The number of phenols is 2. The van der Waals surface area contributed by atoms with E-state index in [-0.39, 0.29) is 29.2 Å². The maximum absolute atomic E-state index is 11.5. The first-order valence-electron chi connectivity index (χ1n) is 6.87. The third-order valence-corrected chi connectivity index (χ3v) is 2.97. The van der Waals surface area contributed by atoms with Gasteiger partial charge in [-0.15, -0.1) is 0 Å². The summed E-state index contributed by atoms with van der Waals surface area (Å²) in [5.41, 5.74) is -0.405. The number of amides is 1. The third-order valence-electron chi connectivity index (χ3n) is 2.97. The van der Waals surface area contributed by atoms with Crippen molar-refractivity contribution in [2.24, 2.45) is 0 Å². The molecule has 0 radical (unpaired) electrons. The van der Waals surface area contributed by atoms with Gasteiger partial charge in [-0.3, -0.25) is 0 Å². The number of ether oxygens (including phenoxy) is 1. The molecule has 0 saturated heterocycles. The molecular formula is C15H23NO6. The zero-order valence-electron chi connectivity index (χ0n) is 13.1. The summed E-state index contributed by atoms with van der Waals surface area (Å²) in [7, 11) is 0. The lowest BCUT2D eigenvalue weighted by Gasteiger charge is -2.23. The molecule has 0 aliphatic rings. The van der Waals surface area contributed by atoms with Crippen molar-refractivity contribution >= 4 is 6.09 Å². The van der Waals surface area contributed by atoms with Crippen molar-refractivity contribution in [3.63, 3.8) is 0 Å². The Balaban J connectivity index is 2.68. The van der Waals surface area contributed by atoms with Crippen molar-refractivity contribution < 1.29 is 30.0 Å². The molecule has 1 amide bonds. The number of aliphatic hydroxyl groups is 2. The van der Waals surface area contributed by atoms with Gasteiger partial charge in [0.2, 0.25) is 0 Å². The molecule has 0 heterocycles. The summed E-state index contributed by atoms with van der Waals surface area (Å²) in [4.78, 5) is 11.5. The number of carbonyl (C=O) groups excluding carboxylic acids is 1. The Bertz CT molecular complexity index is 538. The Morgan fingerprint density at radius 2 is 1.86 bits per heavy atom. The second-order valence-corrected chi connectivity index (χ2v) is 6.04. The standard InChI is InChI=1S/C15H23NO6/c1-8-10(17)6-5-9(12(8)19)13(20)11(18)7-16-14(21)22-15(2,3)4/h5-6,11,13,17-20H,7H2,1-4H3,(H,16,21). The van der Waals surface area contributed by atoms with E-state index in [1.807, 2.05) is 0 Å². The molecular weight excluding hydrogens is 290 g/mol. The SMILES string of the molecule is Cc1c(O)ccc(C(O)C(O)CNC(=O)OC(C)(C)C)c1O. The second kappa shape index (κ2) is 6.85. The number of aliphatic hydroxyl groups excluding tert-OH is 2. The van der Waals surface area contributed by atoms with Crippen molar-refractivity contribution in [3.05, 3.63) is 23.3 Å². The lowest BCUT2D eigenvalue weighted by molar-refractivity contribution is 0.0119. The molecule has 0 saturated carbocycles. The molecule has 7 heteroatoms. The van der Waals surface area contributed by atoms with Crippen LogP contribution in [0.25, 0.3) is 0 Å². The van der Waals surface area contributed by atoms with Crippen LogP contribution in [0.5, 0.6) is 11.5 Å². The topological polar surface area (TPSA) is 119 Å². The van der Waals surface area contributed by atoms with E-state index in [1.54, 1.807) is 20.8 Å². The first kappa shape index (κ1) is 18.1. The molecule has 5 N–H and O–H groups in total. The monoisotopic (exact) mass is 313 g/mol. The van der Waals surface area contributed by atoms with Crippen molar-refractivity contribution in [2.75, 3.05) is 6.54 Å². The highest BCUT2D eigenvalue weighted by Gasteiger charge is 2.24. The van der Waals surface area contributed by atoms with Crippen molar-refractivity contribution in [1.29, 1.82) is 0 Å². The maximum Gasteiger partial charge on any atom is 0.407 e. The molecule has 0 fully saturated rings. The van der Waals surface area contributed by atoms with Gasteiger partial charge in [-0.2, -0.15) is 0 Å². The molecule has 2 unspecified atom stereocenters. The molecule has 0 aliphatic heterocycles. The molecule has 1 rings (SSSR count). The van der Waals surface area contributed by atoms with Crippen molar-refractivity contribution in [2.45, 2.75) is 45.5 Å². The fourth-order valence-corrected chi connectivity index (χ4v) is 1.77. The Kier molecular flexibility index (Phi) is 5.62. The fourth-order valence-electron chi connectivity index (χ4n) is 1.77. The molecule has 0 spiro atoms. The molecule has 0 aliphatic carbocycles. The van der Waals surface area contributed by atoms with Crippen LogP contribution in [0, 0.1) is 6.92 Å². The van der Waals surface area contributed by atoms with Crippen LogP contribution < -0.4 is 5.32 Å². The molecule has 124 valence electrons. The van der Waals surface area contributed by atoms with Crippen LogP contribution in [0.1, 0.15) is 38.0 Å². The smallest absolute Gasteiger partial charge is 0.407 e. The zero-order valence-corrected chi connectivity index (χ0v) is 13.1. The van der Waals surface area contributed by atoms with Crippen LogP contribution in [0.3, 0.4) is 0 Å². The molecule has 2 atom stereocenters. The van der Waals surface area contributed by atoms with E-state index in [4.69, 9.17) is 4.74 Å². The third kappa shape index (κ3) is 4.78. The molecule has 0 aromatic heterocycles. The number of phenolic OH excluding ortho intramolecular Hbond substituents is 2. The van der Waals surface area contributed by atoms with E-state index in [2.05, 4.69) is 5.32 Å². The number of nitrogens with one attached hydrogen (secondary N) is 1. The molecule has 22 heavy (non-hydrogen) atoms. The number of carbonyl (C=O) groups is 1. The predicted octanol–water partition coefficient (Wildman–Crippen LogP) is 1.33. The average Bonchev–Trinajstić information content (AvgIpc) is 2.40. The molecule has 0 bridgehead atoms. The number of hydrogen-bond donors (Lipinski definition) is 5. The van der Waals surface area contributed by atoms with Gasteiger partial charge >= 0.3 is 6.09 Å². The Hall–Kier alpha value is -1.99. The second-order valence-electron chi connectivity index (χ2n) is 6.04. The van der Waals surface area contributed by atoms with Crippen LogP contribution in [-0.4, -0.2) is 44.8 Å². The van der Waals surface area contributed by atoms with Crippen molar-refractivity contribution in [3.8, 4) is 11.5 Å². The predicted molar refractivity (Wildman–Crippen MR) is 79.7 cm³/mol. The number of benzene rings is 1. The van der Waals surface area contributed by atoms with E-state index in [1.165, 1.54) is 19.1 Å². The largest absolute Gasteiger partial charge is 0.508 e. The van der Waals surface area contributed by atoms with E-state index in [0.717, 1.165) is 0 Å². The van der Waals surface area contributed by atoms with Crippen LogP contribution in [0.2, 0.25) is 0 Å². The number of rotatable bonds is 4. The zero-order chi connectivity index (χ0) is 17.1. The van der Waals surface area contributed by atoms with Crippen molar-refractivity contribution in [1.82, 2.24) is 5.32 Å². The van der Waals surface area contributed by atoms with Gasteiger partial charge in [0.25, 0.3) is 0 Å². The fraction of sp³-hybridized carbons (Fsp3) is 0.533. The quantitative estimate of drug-likeness (QED) is 0.572. The first-order chi connectivity index (χ1) is 10.0. The average molecular weight is 313 g/mol.